The molecule has 0 radical (unpaired) electrons. The van der Waals surface area contributed by atoms with Gasteiger partial charge in [-0.25, -0.2) is 4.79 Å². The number of para-hydroxylation sites is 1. The van der Waals surface area contributed by atoms with E-state index in [1.54, 1.807) is 16.2 Å². The maximum atomic E-state index is 13.3. The summed E-state index contributed by atoms with van der Waals surface area (Å²) < 4.78 is 3.25. The van der Waals surface area contributed by atoms with Gasteiger partial charge in [-0.05, 0) is 56.7 Å². The van der Waals surface area contributed by atoms with Crippen LogP contribution in [0, 0.1) is 5.92 Å². The zero-order chi connectivity index (χ0) is 24.5. The average Bonchev–Trinajstić information content (AvgIpc) is 3.13. The molecule has 2 aliphatic heterocycles. The first-order chi connectivity index (χ1) is 17.0. The summed E-state index contributed by atoms with van der Waals surface area (Å²) in [6, 6.07) is 5.96. The van der Waals surface area contributed by atoms with Gasteiger partial charge in [-0.15, -0.1) is 0 Å². The quantitative estimate of drug-likeness (QED) is 0.641. The number of hydrogen-bond donors (Lipinski definition) is 1. The number of rotatable bonds is 6. The number of carbonyl (C=O) groups excluding carboxylic acids is 2. The molecule has 1 aliphatic carbocycles. The number of anilines is 1. The van der Waals surface area contributed by atoms with Gasteiger partial charge in [0.15, 0.2) is 0 Å². The molecular formula is C27H39N5O3. The molecule has 8 nitrogen and oxygen atoms in total. The third kappa shape index (κ3) is 4.65. The molecule has 190 valence electrons. The largest absolute Gasteiger partial charge is 0.370 e. The minimum absolute atomic E-state index is 0.207. The molecule has 1 aromatic carbocycles. The molecule has 1 saturated carbocycles. The van der Waals surface area contributed by atoms with E-state index in [0.717, 1.165) is 55.1 Å². The summed E-state index contributed by atoms with van der Waals surface area (Å²) in [7, 11) is 1.78. The molecule has 8 heteroatoms. The van der Waals surface area contributed by atoms with E-state index >= 15 is 0 Å². The summed E-state index contributed by atoms with van der Waals surface area (Å²) in [5.41, 5.74) is 2.48. The number of nitrogens with one attached hydrogen (secondary N) is 1. The maximum Gasteiger partial charge on any atom is 0.329 e. The van der Waals surface area contributed by atoms with Gasteiger partial charge in [0.2, 0.25) is 11.8 Å². The SMILES string of the molecule is CCN(CC1CCCCC1)C1CCN(c2cccc3c2n(C)c(=O)n3C2CCC(=O)NC2=O)CC1. The lowest BCUT2D eigenvalue weighted by atomic mass is 9.88. The highest BCUT2D eigenvalue weighted by Gasteiger charge is 2.33. The summed E-state index contributed by atoms with van der Waals surface area (Å²) in [5, 5.41) is 2.40. The van der Waals surface area contributed by atoms with E-state index in [2.05, 4.69) is 28.1 Å². The van der Waals surface area contributed by atoms with Crippen molar-refractivity contribution in [2.45, 2.75) is 76.8 Å². The smallest absolute Gasteiger partial charge is 0.329 e. The Bertz CT molecular complexity index is 1140. The zero-order valence-corrected chi connectivity index (χ0v) is 21.2. The van der Waals surface area contributed by atoms with Gasteiger partial charge in [0, 0.05) is 39.1 Å². The maximum absolute atomic E-state index is 13.3. The minimum Gasteiger partial charge on any atom is -0.370 e. The van der Waals surface area contributed by atoms with E-state index in [1.165, 1.54) is 38.6 Å². The summed E-state index contributed by atoms with van der Waals surface area (Å²) in [6.45, 7) is 6.56. The molecule has 1 unspecified atom stereocenters. The number of nitrogens with zero attached hydrogens (tertiary/aromatic N) is 4. The molecular weight excluding hydrogens is 442 g/mol. The molecule has 1 aromatic heterocycles. The van der Waals surface area contributed by atoms with Crippen LogP contribution in [0.2, 0.25) is 0 Å². The highest BCUT2D eigenvalue weighted by atomic mass is 16.2. The van der Waals surface area contributed by atoms with Crippen molar-refractivity contribution in [2.24, 2.45) is 13.0 Å². The number of imidazole rings is 1. The summed E-state index contributed by atoms with van der Waals surface area (Å²) >= 11 is 0. The summed E-state index contributed by atoms with van der Waals surface area (Å²) in [5.74, 6) is 0.199. The fraction of sp³-hybridized carbons (Fsp3) is 0.667. The Balaban J connectivity index is 1.35. The van der Waals surface area contributed by atoms with Gasteiger partial charge in [0.1, 0.15) is 6.04 Å². The third-order valence-corrected chi connectivity index (χ3v) is 8.55. The van der Waals surface area contributed by atoms with Crippen LogP contribution in [0.3, 0.4) is 0 Å². The molecule has 2 saturated heterocycles. The Morgan fingerprint density at radius 2 is 1.74 bits per heavy atom. The van der Waals surface area contributed by atoms with Crippen molar-refractivity contribution in [1.82, 2.24) is 19.4 Å². The van der Waals surface area contributed by atoms with E-state index in [-0.39, 0.29) is 23.9 Å². The number of amides is 2. The first-order valence-electron chi connectivity index (χ1n) is 13.5. The van der Waals surface area contributed by atoms with Gasteiger partial charge in [-0.3, -0.25) is 24.0 Å². The normalized spacial score (nSPS) is 22.8. The number of piperidine rings is 2. The van der Waals surface area contributed by atoms with Gasteiger partial charge in [-0.1, -0.05) is 32.3 Å². The fourth-order valence-electron chi connectivity index (χ4n) is 6.61. The standard InChI is InChI=1S/C27H39N5O3/c1-3-30(18-19-8-5-4-6-9-19)20-14-16-31(17-15-20)21-10-7-11-22-25(21)29(2)27(35)32(22)23-12-13-24(33)28-26(23)34/h7,10-11,19-20,23H,3-6,8-9,12-18H2,1-2H3,(H,28,33,34). The second-order valence-electron chi connectivity index (χ2n) is 10.6. The van der Waals surface area contributed by atoms with Gasteiger partial charge in [-0.2, -0.15) is 0 Å². The Labute approximate surface area is 207 Å². The topological polar surface area (TPSA) is 79.6 Å². The first kappa shape index (κ1) is 24.1. The lowest BCUT2D eigenvalue weighted by Gasteiger charge is -2.41. The zero-order valence-electron chi connectivity index (χ0n) is 21.2. The number of carbonyl (C=O) groups is 2. The highest BCUT2D eigenvalue weighted by Crippen LogP contribution is 2.32. The monoisotopic (exact) mass is 481 g/mol. The van der Waals surface area contributed by atoms with Crippen LogP contribution in [0.15, 0.2) is 23.0 Å². The van der Waals surface area contributed by atoms with Crippen LogP contribution in [0.25, 0.3) is 11.0 Å². The number of imide groups is 1. The molecule has 3 heterocycles. The van der Waals surface area contributed by atoms with Crippen LogP contribution in [0.5, 0.6) is 0 Å². The Morgan fingerprint density at radius 3 is 2.43 bits per heavy atom. The van der Waals surface area contributed by atoms with Crippen molar-refractivity contribution in [1.29, 1.82) is 0 Å². The van der Waals surface area contributed by atoms with Gasteiger partial charge in [0.05, 0.1) is 16.7 Å². The predicted octanol–water partition coefficient (Wildman–Crippen LogP) is 3.19. The van der Waals surface area contributed by atoms with Crippen molar-refractivity contribution in [3.05, 3.63) is 28.7 Å². The lowest BCUT2D eigenvalue weighted by molar-refractivity contribution is -0.135. The Morgan fingerprint density at radius 1 is 1.00 bits per heavy atom. The molecule has 35 heavy (non-hydrogen) atoms. The van der Waals surface area contributed by atoms with Crippen LogP contribution in [-0.2, 0) is 16.6 Å². The van der Waals surface area contributed by atoms with Crippen molar-refractivity contribution >= 4 is 28.5 Å². The number of aryl methyl sites for hydroxylation is 1. The number of benzene rings is 1. The van der Waals surface area contributed by atoms with E-state index in [1.807, 2.05) is 12.1 Å². The Hall–Kier alpha value is -2.61. The second kappa shape index (κ2) is 10.2. The molecule has 3 fully saturated rings. The molecule has 2 amide bonds. The summed E-state index contributed by atoms with van der Waals surface area (Å²) in [6.07, 6.45) is 9.81. The van der Waals surface area contributed by atoms with E-state index in [9.17, 15) is 14.4 Å². The third-order valence-electron chi connectivity index (χ3n) is 8.55. The van der Waals surface area contributed by atoms with Gasteiger partial charge in [0.25, 0.3) is 0 Å². The first-order valence-corrected chi connectivity index (χ1v) is 13.5. The van der Waals surface area contributed by atoms with Crippen molar-refractivity contribution < 1.29 is 9.59 Å². The minimum atomic E-state index is -0.650. The van der Waals surface area contributed by atoms with Crippen molar-refractivity contribution in [3.63, 3.8) is 0 Å². The van der Waals surface area contributed by atoms with Crippen LogP contribution in [-0.4, -0.2) is 58.1 Å². The highest BCUT2D eigenvalue weighted by molar-refractivity contribution is 6.00. The molecule has 1 N–H and O–H groups in total. The molecule has 1 atom stereocenters. The second-order valence-corrected chi connectivity index (χ2v) is 10.6. The van der Waals surface area contributed by atoms with Crippen LogP contribution >= 0.6 is 0 Å². The van der Waals surface area contributed by atoms with Crippen LogP contribution < -0.4 is 15.9 Å². The number of hydrogen-bond acceptors (Lipinski definition) is 5. The Kier molecular flexibility index (Phi) is 7.00. The molecule has 3 aliphatic rings. The van der Waals surface area contributed by atoms with Crippen molar-refractivity contribution in [3.8, 4) is 0 Å². The van der Waals surface area contributed by atoms with E-state index in [4.69, 9.17) is 0 Å². The fourth-order valence-corrected chi connectivity index (χ4v) is 6.61. The molecule has 0 spiro atoms. The van der Waals surface area contributed by atoms with Crippen molar-refractivity contribution in [2.75, 3.05) is 31.1 Å². The lowest BCUT2D eigenvalue weighted by Crippen LogP contribution is -2.46. The number of fused-ring (bicyclic) bond motifs is 1. The molecule has 0 bridgehead atoms. The van der Waals surface area contributed by atoms with E-state index in [0.29, 0.717) is 12.5 Å². The molecule has 5 rings (SSSR count). The van der Waals surface area contributed by atoms with E-state index < -0.39 is 6.04 Å². The summed E-state index contributed by atoms with van der Waals surface area (Å²) in [4.78, 5) is 42.6. The van der Waals surface area contributed by atoms with Gasteiger partial charge >= 0.3 is 5.69 Å². The average molecular weight is 482 g/mol. The van der Waals surface area contributed by atoms with Crippen LogP contribution in [0.4, 0.5) is 5.69 Å². The predicted molar refractivity (Wildman–Crippen MR) is 138 cm³/mol. The van der Waals surface area contributed by atoms with Crippen LogP contribution in [0.1, 0.15) is 70.8 Å². The number of aromatic nitrogens is 2. The van der Waals surface area contributed by atoms with Gasteiger partial charge < -0.3 is 9.80 Å². The molecule has 2 aromatic rings.